The zero-order valence-electron chi connectivity index (χ0n) is 18.1. The minimum atomic E-state index is -4.32. The number of carbonyl (C=O) groups excluding carboxylic acids is 1. The van der Waals surface area contributed by atoms with Crippen LogP contribution in [0.25, 0.3) is 26.6 Å². The van der Waals surface area contributed by atoms with Crippen molar-refractivity contribution in [3.8, 4) is 27.7 Å². The number of fused-ring (bicyclic) bond motifs is 1. The first kappa shape index (κ1) is 24.3. The Hall–Kier alpha value is -3.85. The minimum absolute atomic E-state index is 0.120. The molecule has 3 aromatic carbocycles. The second-order valence-corrected chi connectivity index (χ2v) is 8.66. The Balaban J connectivity index is 1.52. The molecule has 0 aliphatic rings. The van der Waals surface area contributed by atoms with Crippen molar-refractivity contribution < 1.29 is 32.2 Å². The summed E-state index contributed by atoms with van der Waals surface area (Å²) in [5, 5.41) is 12.8. The van der Waals surface area contributed by atoms with Gasteiger partial charge in [0.25, 0.3) is 0 Å². The topological polar surface area (TPSA) is 58.6 Å². The molecule has 35 heavy (non-hydrogen) atoms. The fourth-order valence-corrected chi connectivity index (χ4v) is 4.45. The molecule has 2 N–H and O–H groups in total. The van der Waals surface area contributed by atoms with E-state index in [1.165, 1.54) is 29.5 Å². The molecule has 0 fully saturated rings. The van der Waals surface area contributed by atoms with Gasteiger partial charge in [-0.3, -0.25) is 4.79 Å². The van der Waals surface area contributed by atoms with E-state index in [2.05, 4.69) is 5.32 Å². The lowest BCUT2D eigenvalue weighted by Gasteiger charge is -2.09. The van der Waals surface area contributed by atoms with Crippen molar-refractivity contribution in [2.45, 2.75) is 12.6 Å². The number of carbonyl (C=O) groups is 1. The first-order valence-electron chi connectivity index (χ1n) is 10.5. The highest BCUT2D eigenvalue weighted by molar-refractivity contribution is 7.22. The van der Waals surface area contributed by atoms with Crippen molar-refractivity contribution in [1.29, 1.82) is 0 Å². The molecule has 0 radical (unpaired) electrons. The Labute approximate surface area is 202 Å². The summed E-state index contributed by atoms with van der Waals surface area (Å²) in [4.78, 5) is 12.5. The summed E-state index contributed by atoms with van der Waals surface area (Å²) >= 11 is 1.41. The number of ether oxygens (including phenoxy) is 1. The number of nitrogens with one attached hydrogen (secondary N) is 1. The Kier molecular flexibility index (Phi) is 7.07. The monoisotopic (exact) mass is 501 g/mol. The second kappa shape index (κ2) is 10.2. The maximum Gasteiger partial charge on any atom is 0.390 e. The van der Waals surface area contributed by atoms with E-state index >= 15 is 0 Å². The van der Waals surface area contributed by atoms with Crippen molar-refractivity contribution in [1.82, 2.24) is 5.32 Å². The largest absolute Gasteiger partial charge is 0.508 e. The molecule has 1 heterocycles. The van der Waals surface area contributed by atoms with E-state index in [1.54, 1.807) is 54.6 Å². The lowest BCUT2D eigenvalue weighted by Crippen LogP contribution is -2.26. The van der Waals surface area contributed by atoms with Crippen LogP contribution in [0.15, 0.2) is 72.8 Å². The van der Waals surface area contributed by atoms with Crippen molar-refractivity contribution in [2.75, 3.05) is 6.54 Å². The van der Waals surface area contributed by atoms with E-state index in [1.807, 2.05) is 0 Å². The van der Waals surface area contributed by atoms with Crippen LogP contribution in [0.5, 0.6) is 17.2 Å². The third kappa shape index (κ3) is 6.39. The number of thiophene rings is 1. The van der Waals surface area contributed by atoms with Crippen LogP contribution in [0.1, 0.15) is 12.0 Å². The quantitative estimate of drug-likeness (QED) is 0.207. The molecule has 4 rings (SSSR count). The van der Waals surface area contributed by atoms with Gasteiger partial charge in [0.1, 0.15) is 17.3 Å². The van der Waals surface area contributed by atoms with E-state index in [4.69, 9.17) is 4.74 Å². The van der Waals surface area contributed by atoms with Gasteiger partial charge >= 0.3 is 6.18 Å². The summed E-state index contributed by atoms with van der Waals surface area (Å²) < 4.78 is 56.9. The number of phenolic OH excluding ortho intramolecular Hbond substituents is 1. The summed E-state index contributed by atoms with van der Waals surface area (Å²) in [5.74, 6) is 0.213. The normalized spacial score (nSPS) is 11.8. The Morgan fingerprint density at radius 1 is 1.03 bits per heavy atom. The smallest absolute Gasteiger partial charge is 0.390 e. The van der Waals surface area contributed by atoms with Crippen LogP contribution in [0.4, 0.5) is 17.6 Å². The summed E-state index contributed by atoms with van der Waals surface area (Å²) in [6.07, 6.45) is -2.76. The number of hydrogen-bond acceptors (Lipinski definition) is 4. The van der Waals surface area contributed by atoms with Gasteiger partial charge in [0, 0.05) is 22.7 Å². The molecule has 4 aromatic rings. The highest BCUT2D eigenvalue weighted by Gasteiger charge is 2.26. The molecule has 0 atom stereocenters. The summed E-state index contributed by atoms with van der Waals surface area (Å²) in [6, 6.07) is 17.8. The number of aromatic hydroxyl groups is 1. The summed E-state index contributed by atoms with van der Waals surface area (Å²) in [5.41, 5.74) is 1.42. The predicted molar refractivity (Wildman–Crippen MR) is 128 cm³/mol. The van der Waals surface area contributed by atoms with E-state index in [0.29, 0.717) is 17.1 Å². The number of rotatable bonds is 7. The Morgan fingerprint density at radius 3 is 2.43 bits per heavy atom. The molecule has 4 nitrogen and oxygen atoms in total. The van der Waals surface area contributed by atoms with Crippen LogP contribution >= 0.6 is 11.3 Å². The highest BCUT2D eigenvalue weighted by atomic mass is 32.1. The lowest BCUT2D eigenvalue weighted by molar-refractivity contribution is -0.134. The molecule has 0 unspecified atom stereocenters. The van der Waals surface area contributed by atoms with Crippen LogP contribution in [0, 0.1) is 5.82 Å². The molecular formula is C26H19F4NO3S. The van der Waals surface area contributed by atoms with Gasteiger partial charge in [-0.15, -0.1) is 11.3 Å². The van der Waals surface area contributed by atoms with Gasteiger partial charge < -0.3 is 15.2 Å². The van der Waals surface area contributed by atoms with Crippen molar-refractivity contribution in [3.63, 3.8) is 0 Å². The number of alkyl halides is 3. The van der Waals surface area contributed by atoms with Gasteiger partial charge in [-0.25, -0.2) is 4.39 Å². The first-order chi connectivity index (χ1) is 16.7. The van der Waals surface area contributed by atoms with Crippen molar-refractivity contribution in [2.24, 2.45) is 0 Å². The Bertz CT molecular complexity index is 1360. The number of amides is 1. The molecule has 1 aromatic heterocycles. The van der Waals surface area contributed by atoms with Crippen LogP contribution in [0.2, 0.25) is 0 Å². The zero-order chi connectivity index (χ0) is 25.0. The maximum absolute atomic E-state index is 13.4. The van der Waals surface area contributed by atoms with E-state index in [0.717, 1.165) is 26.6 Å². The minimum Gasteiger partial charge on any atom is -0.508 e. The van der Waals surface area contributed by atoms with Gasteiger partial charge in [0.05, 0.1) is 11.3 Å². The van der Waals surface area contributed by atoms with Crippen LogP contribution in [0.3, 0.4) is 0 Å². The van der Waals surface area contributed by atoms with E-state index < -0.39 is 25.0 Å². The molecule has 9 heteroatoms. The van der Waals surface area contributed by atoms with Gasteiger partial charge in [-0.05, 0) is 59.7 Å². The Morgan fingerprint density at radius 2 is 1.74 bits per heavy atom. The third-order valence-electron chi connectivity index (χ3n) is 4.97. The molecular weight excluding hydrogens is 482 g/mol. The molecule has 1 amide bonds. The third-order valence-corrected chi connectivity index (χ3v) is 6.15. The lowest BCUT2D eigenvalue weighted by atomic mass is 10.1. The van der Waals surface area contributed by atoms with Gasteiger partial charge in [-0.2, -0.15) is 13.2 Å². The molecule has 0 spiro atoms. The molecule has 0 aliphatic carbocycles. The van der Waals surface area contributed by atoms with Crippen LogP contribution < -0.4 is 10.1 Å². The maximum atomic E-state index is 13.4. The predicted octanol–water partition coefficient (Wildman–Crippen LogP) is 7.29. The summed E-state index contributed by atoms with van der Waals surface area (Å²) in [6.45, 7) is -0.484. The number of benzene rings is 3. The van der Waals surface area contributed by atoms with Crippen molar-refractivity contribution >= 4 is 33.4 Å². The molecule has 0 bridgehead atoms. The van der Waals surface area contributed by atoms with Gasteiger partial charge in [-0.1, -0.05) is 24.3 Å². The molecule has 0 saturated carbocycles. The fraction of sp³-hybridized carbons (Fsp3) is 0.115. The molecule has 0 saturated heterocycles. The van der Waals surface area contributed by atoms with Crippen molar-refractivity contribution in [3.05, 3.63) is 84.2 Å². The standard InChI is InChI=1S/C26H19F4NO3S/c27-18-6-4-17(5-7-18)25-24(21-11-8-19(32)15-22(21)35-25)34-20-9-1-16(2-10-20)3-12-23(33)31-14-13-26(28,29)30/h1-12,15,32H,13-14H2,(H,31,33)/b12-3+. The van der Waals surface area contributed by atoms with Gasteiger partial charge in [0.15, 0.2) is 5.75 Å². The second-order valence-electron chi connectivity index (χ2n) is 7.61. The highest BCUT2D eigenvalue weighted by Crippen LogP contribution is 2.47. The molecule has 0 aliphatic heterocycles. The summed E-state index contributed by atoms with van der Waals surface area (Å²) in [7, 11) is 0. The molecule has 180 valence electrons. The van der Waals surface area contributed by atoms with Crippen LogP contribution in [-0.4, -0.2) is 23.7 Å². The van der Waals surface area contributed by atoms with E-state index in [9.17, 15) is 27.5 Å². The SMILES string of the molecule is O=C(/C=C/c1ccc(Oc2c(-c3ccc(F)cc3)sc3cc(O)ccc23)cc1)NCCC(F)(F)F. The zero-order valence-corrected chi connectivity index (χ0v) is 18.9. The average molecular weight is 502 g/mol. The van der Waals surface area contributed by atoms with Crippen LogP contribution in [-0.2, 0) is 4.79 Å². The number of halogens is 4. The first-order valence-corrected chi connectivity index (χ1v) is 11.3. The number of hydrogen-bond donors (Lipinski definition) is 2. The van der Waals surface area contributed by atoms with Gasteiger partial charge in [0.2, 0.25) is 5.91 Å². The fourth-order valence-electron chi connectivity index (χ4n) is 3.28. The van der Waals surface area contributed by atoms with E-state index in [-0.39, 0.29) is 11.6 Å². The number of phenols is 1. The average Bonchev–Trinajstić information content (AvgIpc) is 3.15.